The molecular weight excluding hydrogens is 305 g/mol. The van der Waals surface area contributed by atoms with E-state index < -0.39 is 0 Å². The van der Waals surface area contributed by atoms with Crippen molar-refractivity contribution in [2.45, 2.75) is 26.2 Å². The number of nitrogens with one attached hydrogen (secondary N) is 1. The average Bonchev–Trinajstić information content (AvgIpc) is 2.41. The van der Waals surface area contributed by atoms with Crippen LogP contribution in [0.2, 0.25) is 10.0 Å². The smallest absolute Gasteiger partial charge is 0.255 e. The summed E-state index contributed by atoms with van der Waals surface area (Å²) in [6, 6.07) is 12.6. The third-order valence-electron chi connectivity index (χ3n) is 3.19. The van der Waals surface area contributed by atoms with Crippen LogP contribution in [-0.2, 0) is 5.41 Å². The molecule has 2 aromatic carbocycles. The Labute approximate surface area is 135 Å². The number of carbonyl (C=O) groups excluding carboxylic acids is 1. The van der Waals surface area contributed by atoms with Gasteiger partial charge in [-0.2, -0.15) is 0 Å². The number of rotatable bonds is 2. The normalized spacial score (nSPS) is 11.3. The summed E-state index contributed by atoms with van der Waals surface area (Å²) in [6.45, 7) is 6.40. The topological polar surface area (TPSA) is 29.1 Å². The Hall–Kier alpha value is -1.51. The van der Waals surface area contributed by atoms with Gasteiger partial charge in [0.05, 0.1) is 10.7 Å². The van der Waals surface area contributed by atoms with Gasteiger partial charge in [-0.25, -0.2) is 0 Å². The Morgan fingerprint density at radius 3 is 2.14 bits per heavy atom. The summed E-state index contributed by atoms with van der Waals surface area (Å²) in [5, 5.41) is 3.74. The molecule has 2 nitrogen and oxygen atoms in total. The molecule has 1 N–H and O–H groups in total. The molecule has 4 heteroatoms. The minimum absolute atomic E-state index is 0.0640. The van der Waals surface area contributed by atoms with Crippen molar-refractivity contribution in [3.63, 3.8) is 0 Å². The number of hydrogen-bond donors (Lipinski definition) is 1. The standard InChI is InChI=1S/C17H17Cl2NO/c1-17(2,3)12-6-4-11(5-7-12)16(21)20-15-9-8-13(18)10-14(15)19/h4-10H,1-3H3,(H,20,21). The lowest BCUT2D eigenvalue weighted by Gasteiger charge is -2.19. The first-order valence-electron chi connectivity index (χ1n) is 6.64. The van der Waals surface area contributed by atoms with E-state index in [1.807, 2.05) is 24.3 Å². The number of amides is 1. The van der Waals surface area contributed by atoms with Crippen LogP contribution in [0, 0.1) is 0 Å². The van der Waals surface area contributed by atoms with E-state index in [9.17, 15) is 4.79 Å². The minimum atomic E-state index is -0.195. The van der Waals surface area contributed by atoms with Crippen molar-refractivity contribution in [3.8, 4) is 0 Å². The van der Waals surface area contributed by atoms with Crippen molar-refractivity contribution in [1.82, 2.24) is 0 Å². The molecule has 0 fully saturated rings. The molecule has 2 aromatic rings. The van der Waals surface area contributed by atoms with E-state index in [0.29, 0.717) is 21.3 Å². The van der Waals surface area contributed by atoms with Gasteiger partial charge in [0.1, 0.15) is 0 Å². The van der Waals surface area contributed by atoms with Crippen molar-refractivity contribution in [3.05, 3.63) is 63.6 Å². The average molecular weight is 322 g/mol. The molecule has 0 saturated heterocycles. The van der Waals surface area contributed by atoms with Gasteiger partial charge in [-0.3, -0.25) is 4.79 Å². The molecule has 2 rings (SSSR count). The molecule has 21 heavy (non-hydrogen) atoms. The highest BCUT2D eigenvalue weighted by Crippen LogP contribution is 2.26. The van der Waals surface area contributed by atoms with E-state index in [-0.39, 0.29) is 11.3 Å². The van der Waals surface area contributed by atoms with Crippen LogP contribution >= 0.6 is 23.2 Å². The van der Waals surface area contributed by atoms with E-state index in [0.717, 1.165) is 0 Å². The molecule has 0 aromatic heterocycles. The molecule has 0 saturated carbocycles. The van der Waals surface area contributed by atoms with E-state index in [4.69, 9.17) is 23.2 Å². The number of carbonyl (C=O) groups is 1. The molecule has 0 radical (unpaired) electrons. The zero-order valence-electron chi connectivity index (χ0n) is 12.2. The summed E-state index contributed by atoms with van der Waals surface area (Å²) in [5.74, 6) is -0.195. The van der Waals surface area contributed by atoms with Gasteiger partial charge in [0.25, 0.3) is 5.91 Å². The predicted octanol–water partition coefficient (Wildman–Crippen LogP) is 5.54. The summed E-state index contributed by atoms with van der Waals surface area (Å²) in [6.07, 6.45) is 0. The van der Waals surface area contributed by atoms with E-state index in [2.05, 4.69) is 26.1 Å². The molecule has 0 spiro atoms. The summed E-state index contributed by atoms with van der Waals surface area (Å²) < 4.78 is 0. The van der Waals surface area contributed by atoms with Crippen LogP contribution in [0.15, 0.2) is 42.5 Å². The van der Waals surface area contributed by atoms with Crippen LogP contribution in [0.1, 0.15) is 36.7 Å². The predicted molar refractivity (Wildman–Crippen MR) is 89.6 cm³/mol. The molecule has 0 unspecified atom stereocenters. The van der Waals surface area contributed by atoms with Crippen LogP contribution in [0.25, 0.3) is 0 Å². The Morgan fingerprint density at radius 2 is 1.62 bits per heavy atom. The van der Waals surface area contributed by atoms with Crippen LogP contribution in [0.5, 0.6) is 0 Å². The van der Waals surface area contributed by atoms with E-state index in [1.165, 1.54) is 5.56 Å². The SMILES string of the molecule is CC(C)(C)c1ccc(C(=O)Nc2ccc(Cl)cc2Cl)cc1. The Bertz CT molecular complexity index is 657. The number of hydrogen-bond acceptors (Lipinski definition) is 1. The van der Waals surface area contributed by atoms with Crippen LogP contribution in [-0.4, -0.2) is 5.91 Å². The largest absolute Gasteiger partial charge is 0.321 e. The van der Waals surface area contributed by atoms with Gasteiger partial charge >= 0.3 is 0 Å². The van der Waals surface area contributed by atoms with Gasteiger partial charge < -0.3 is 5.32 Å². The maximum absolute atomic E-state index is 12.2. The van der Waals surface area contributed by atoms with Crippen molar-refractivity contribution >= 4 is 34.8 Å². The molecule has 0 heterocycles. The summed E-state index contributed by atoms with van der Waals surface area (Å²) in [4.78, 5) is 12.2. The van der Waals surface area contributed by atoms with Crippen LogP contribution < -0.4 is 5.32 Å². The summed E-state index contributed by atoms with van der Waals surface area (Å²) in [7, 11) is 0. The lowest BCUT2D eigenvalue weighted by atomic mass is 9.87. The first-order valence-corrected chi connectivity index (χ1v) is 7.40. The zero-order chi connectivity index (χ0) is 15.6. The molecule has 0 aliphatic heterocycles. The summed E-state index contributed by atoms with van der Waals surface area (Å²) in [5.41, 5.74) is 2.39. The maximum atomic E-state index is 12.2. The second-order valence-electron chi connectivity index (χ2n) is 5.91. The van der Waals surface area contributed by atoms with Gasteiger partial charge in [-0.1, -0.05) is 56.1 Å². The highest BCUT2D eigenvalue weighted by Gasteiger charge is 2.14. The maximum Gasteiger partial charge on any atom is 0.255 e. The minimum Gasteiger partial charge on any atom is -0.321 e. The monoisotopic (exact) mass is 321 g/mol. The highest BCUT2D eigenvalue weighted by atomic mass is 35.5. The molecule has 0 aliphatic rings. The van der Waals surface area contributed by atoms with Gasteiger partial charge in [-0.15, -0.1) is 0 Å². The van der Waals surface area contributed by atoms with Crippen molar-refractivity contribution in [1.29, 1.82) is 0 Å². The van der Waals surface area contributed by atoms with Gasteiger partial charge in [-0.05, 0) is 41.3 Å². The second-order valence-corrected chi connectivity index (χ2v) is 6.75. The molecular formula is C17H17Cl2NO. The molecule has 0 aliphatic carbocycles. The van der Waals surface area contributed by atoms with Gasteiger partial charge in [0, 0.05) is 10.6 Å². The fourth-order valence-electron chi connectivity index (χ4n) is 1.91. The molecule has 0 atom stereocenters. The van der Waals surface area contributed by atoms with E-state index in [1.54, 1.807) is 18.2 Å². The lowest BCUT2D eigenvalue weighted by molar-refractivity contribution is 0.102. The third-order valence-corrected chi connectivity index (χ3v) is 3.74. The second kappa shape index (κ2) is 6.08. The van der Waals surface area contributed by atoms with Gasteiger partial charge in [0.15, 0.2) is 0 Å². The quantitative estimate of drug-likeness (QED) is 0.772. The first-order chi connectivity index (χ1) is 9.77. The van der Waals surface area contributed by atoms with Crippen LogP contribution in [0.3, 0.4) is 0 Å². The first kappa shape index (κ1) is 15.9. The lowest BCUT2D eigenvalue weighted by Crippen LogP contribution is -2.14. The fourth-order valence-corrected chi connectivity index (χ4v) is 2.36. The van der Waals surface area contributed by atoms with Crippen molar-refractivity contribution in [2.24, 2.45) is 0 Å². The summed E-state index contributed by atoms with van der Waals surface area (Å²) >= 11 is 11.9. The third kappa shape index (κ3) is 3.99. The van der Waals surface area contributed by atoms with E-state index >= 15 is 0 Å². The Balaban J connectivity index is 2.17. The number of benzene rings is 2. The van der Waals surface area contributed by atoms with Crippen LogP contribution in [0.4, 0.5) is 5.69 Å². The molecule has 110 valence electrons. The Kier molecular flexibility index (Phi) is 4.60. The molecule has 1 amide bonds. The highest BCUT2D eigenvalue weighted by molar-refractivity contribution is 6.36. The number of halogens is 2. The van der Waals surface area contributed by atoms with Gasteiger partial charge in [0.2, 0.25) is 0 Å². The van der Waals surface area contributed by atoms with Crippen molar-refractivity contribution < 1.29 is 4.79 Å². The Morgan fingerprint density at radius 1 is 1.00 bits per heavy atom. The molecule has 0 bridgehead atoms. The fraction of sp³-hybridized carbons (Fsp3) is 0.235. The number of anilines is 1. The van der Waals surface area contributed by atoms with Crippen molar-refractivity contribution in [2.75, 3.05) is 5.32 Å². The zero-order valence-corrected chi connectivity index (χ0v) is 13.7.